The number of nitrogens with one attached hydrogen (secondary N) is 2. The van der Waals surface area contributed by atoms with Crippen molar-refractivity contribution >= 4 is 29.9 Å². The Kier molecular flexibility index (Phi) is 10.3. The van der Waals surface area contributed by atoms with Crippen LogP contribution in [0.15, 0.2) is 17.4 Å². The lowest BCUT2D eigenvalue weighted by molar-refractivity contribution is 0.0668. The van der Waals surface area contributed by atoms with Crippen LogP contribution < -0.4 is 10.6 Å². The zero-order valence-corrected chi connectivity index (χ0v) is 15.0. The number of aliphatic imine (C=N–C) groups is 1. The molecule has 0 unspecified atom stereocenters. The maximum Gasteiger partial charge on any atom is 0.319 e. The minimum absolute atomic E-state index is 0. The third-order valence-electron chi connectivity index (χ3n) is 3.31. The number of hydrogen-bond donors (Lipinski definition) is 2. The van der Waals surface area contributed by atoms with E-state index in [1.54, 1.807) is 7.05 Å². The van der Waals surface area contributed by atoms with Gasteiger partial charge in [-0.25, -0.2) is 4.98 Å². The summed E-state index contributed by atoms with van der Waals surface area (Å²) in [5, 5.41) is 6.19. The molecule has 0 fully saturated rings. The molecule has 2 N–H and O–H groups in total. The largest absolute Gasteiger partial charge is 0.356 e. The molecule has 1 aromatic heterocycles. The number of imidazole rings is 1. The maximum absolute atomic E-state index is 12.7. The molecule has 21 heavy (non-hydrogen) atoms. The second-order valence-electron chi connectivity index (χ2n) is 4.52. The van der Waals surface area contributed by atoms with Gasteiger partial charge in [0.2, 0.25) is 0 Å². The first-order valence-electron chi connectivity index (χ1n) is 6.86. The van der Waals surface area contributed by atoms with E-state index >= 15 is 0 Å². The Balaban J connectivity index is 0.00000400. The zero-order valence-electron chi connectivity index (χ0n) is 12.6. The van der Waals surface area contributed by atoms with E-state index in [1.807, 2.05) is 0 Å². The number of rotatable bonds is 7. The first-order chi connectivity index (χ1) is 9.62. The number of halogens is 3. The summed E-state index contributed by atoms with van der Waals surface area (Å²) < 4.78 is 26.2. The van der Waals surface area contributed by atoms with Crippen molar-refractivity contribution < 1.29 is 8.78 Å². The smallest absolute Gasteiger partial charge is 0.319 e. The molecule has 0 radical (unpaired) electrons. The van der Waals surface area contributed by atoms with Gasteiger partial charge in [0.25, 0.3) is 0 Å². The quantitative estimate of drug-likeness (QED) is 0.409. The maximum atomic E-state index is 12.7. The number of alkyl halides is 2. The molecule has 122 valence electrons. The predicted octanol–water partition coefficient (Wildman–Crippen LogP) is 3.00. The van der Waals surface area contributed by atoms with Crippen LogP contribution in [0, 0.1) is 5.92 Å². The molecule has 0 aliphatic carbocycles. The molecule has 5 nitrogen and oxygen atoms in total. The van der Waals surface area contributed by atoms with Gasteiger partial charge in [0, 0.05) is 26.0 Å². The van der Waals surface area contributed by atoms with Crippen molar-refractivity contribution in [2.45, 2.75) is 39.8 Å². The Labute approximate surface area is 141 Å². The monoisotopic (exact) mass is 415 g/mol. The van der Waals surface area contributed by atoms with Crippen molar-refractivity contribution in [2.24, 2.45) is 10.9 Å². The minimum atomic E-state index is -2.58. The van der Waals surface area contributed by atoms with Crippen molar-refractivity contribution in [2.75, 3.05) is 13.6 Å². The van der Waals surface area contributed by atoms with Crippen LogP contribution in [0.2, 0.25) is 0 Å². The highest BCUT2D eigenvalue weighted by atomic mass is 127. The highest BCUT2D eigenvalue weighted by molar-refractivity contribution is 14.0. The van der Waals surface area contributed by atoms with Gasteiger partial charge in [-0.1, -0.05) is 26.7 Å². The van der Waals surface area contributed by atoms with Crippen molar-refractivity contribution in [1.82, 2.24) is 20.2 Å². The fraction of sp³-hybridized carbons (Fsp3) is 0.692. The molecule has 0 saturated heterocycles. The second kappa shape index (κ2) is 10.7. The summed E-state index contributed by atoms with van der Waals surface area (Å²) in [6.07, 6.45) is 4.82. The van der Waals surface area contributed by atoms with E-state index in [0.29, 0.717) is 11.9 Å². The van der Waals surface area contributed by atoms with Crippen molar-refractivity contribution in [3.05, 3.63) is 18.2 Å². The Morgan fingerprint density at radius 3 is 2.52 bits per heavy atom. The van der Waals surface area contributed by atoms with Crippen molar-refractivity contribution in [1.29, 1.82) is 0 Å². The lowest BCUT2D eigenvalue weighted by atomic mass is 10.0. The highest BCUT2D eigenvalue weighted by Gasteiger charge is 2.11. The van der Waals surface area contributed by atoms with Gasteiger partial charge in [-0.3, -0.25) is 9.56 Å². The summed E-state index contributed by atoms with van der Waals surface area (Å²) >= 11 is 0. The average Bonchev–Trinajstić information content (AvgIpc) is 2.91. The van der Waals surface area contributed by atoms with Crippen LogP contribution in [0.25, 0.3) is 0 Å². The SMILES string of the molecule is CCC(CC)CNC(=NC)NCc1nccn1C(F)F.I. The third kappa shape index (κ3) is 6.58. The van der Waals surface area contributed by atoms with E-state index in [1.165, 1.54) is 12.4 Å². The molecule has 0 amide bonds. The lowest BCUT2D eigenvalue weighted by Gasteiger charge is -2.16. The zero-order chi connectivity index (χ0) is 15.0. The number of nitrogens with zero attached hydrogens (tertiary/aromatic N) is 3. The standard InChI is InChI=1S/C13H23F2N5.HI/c1-4-10(5-2)8-18-13(16-3)19-9-11-17-6-7-20(11)12(14)15;/h6-7,10,12H,4-5,8-9H2,1-3H3,(H2,16,18,19);1H. The Bertz CT molecular complexity index is 418. The van der Waals surface area contributed by atoms with Gasteiger partial charge < -0.3 is 10.6 Å². The molecule has 0 spiro atoms. The summed E-state index contributed by atoms with van der Waals surface area (Å²) in [5.74, 6) is 1.46. The summed E-state index contributed by atoms with van der Waals surface area (Å²) in [5.41, 5.74) is 0. The van der Waals surface area contributed by atoms with Crippen LogP contribution in [0.5, 0.6) is 0 Å². The second-order valence-corrected chi connectivity index (χ2v) is 4.52. The third-order valence-corrected chi connectivity index (χ3v) is 3.31. The van der Waals surface area contributed by atoms with E-state index in [2.05, 4.69) is 34.5 Å². The molecule has 0 aliphatic rings. The van der Waals surface area contributed by atoms with Gasteiger partial charge in [-0.15, -0.1) is 24.0 Å². The summed E-state index contributed by atoms with van der Waals surface area (Å²) in [6.45, 7) is 2.74. The predicted molar refractivity (Wildman–Crippen MR) is 91.2 cm³/mol. The number of aromatic nitrogens is 2. The van der Waals surface area contributed by atoms with Gasteiger partial charge in [0.1, 0.15) is 5.82 Å². The summed E-state index contributed by atoms with van der Waals surface area (Å²) in [6, 6.07) is 0. The van der Waals surface area contributed by atoms with Crippen LogP contribution in [0.1, 0.15) is 39.1 Å². The van der Waals surface area contributed by atoms with Crippen molar-refractivity contribution in [3.63, 3.8) is 0 Å². The van der Waals surface area contributed by atoms with Crippen LogP contribution in [0.3, 0.4) is 0 Å². The first-order valence-corrected chi connectivity index (χ1v) is 6.86. The normalized spacial score (nSPS) is 11.7. The molecule has 0 atom stereocenters. The van der Waals surface area contributed by atoms with E-state index in [9.17, 15) is 8.78 Å². The van der Waals surface area contributed by atoms with Crippen LogP contribution in [-0.2, 0) is 6.54 Å². The average molecular weight is 415 g/mol. The molecule has 0 aromatic carbocycles. The lowest BCUT2D eigenvalue weighted by Crippen LogP contribution is -2.39. The fourth-order valence-electron chi connectivity index (χ4n) is 1.86. The van der Waals surface area contributed by atoms with Crippen molar-refractivity contribution in [3.8, 4) is 0 Å². The van der Waals surface area contributed by atoms with Crippen LogP contribution in [-0.4, -0.2) is 29.1 Å². The van der Waals surface area contributed by atoms with Gasteiger partial charge >= 0.3 is 6.55 Å². The molecular weight excluding hydrogens is 391 g/mol. The summed E-state index contributed by atoms with van der Waals surface area (Å²) in [4.78, 5) is 7.98. The van der Waals surface area contributed by atoms with Gasteiger partial charge in [-0.2, -0.15) is 8.78 Å². The molecule has 1 aromatic rings. The van der Waals surface area contributed by atoms with E-state index in [4.69, 9.17) is 0 Å². The van der Waals surface area contributed by atoms with Gasteiger partial charge in [0.15, 0.2) is 5.96 Å². The highest BCUT2D eigenvalue weighted by Crippen LogP contribution is 2.11. The fourth-order valence-corrected chi connectivity index (χ4v) is 1.86. The molecular formula is C13H24F2IN5. The minimum Gasteiger partial charge on any atom is -0.356 e. The molecule has 1 rings (SSSR count). The number of hydrogen-bond acceptors (Lipinski definition) is 2. The molecule has 0 aliphatic heterocycles. The topological polar surface area (TPSA) is 54.2 Å². The Morgan fingerprint density at radius 1 is 1.33 bits per heavy atom. The van der Waals surface area contributed by atoms with Gasteiger partial charge in [-0.05, 0) is 5.92 Å². The van der Waals surface area contributed by atoms with Crippen LogP contribution in [0.4, 0.5) is 8.78 Å². The summed E-state index contributed by atoms with van der Waals surface area (Å²) in [7, 11) is 1.65. The number of guanidine groups is 1. The Hall–Kier alpha value is -0.930. The molecule has 0 bridgehead atoms. The van der Waals surface area contributed by atoms with E-state index in [-0.39, 0.29) is 36.3 Å². The van der Waals surface area contributed by atoms with E-state index < -0.39 is 6.55 Å². The first kappa shape index (κ1) is 20.1. The Morgan fingerprint density at radius 2 is 2.00 bits per heavy atom. The molecule has 0 saturated carbocycles. The van der Waals surface area contributed by atoms with Crippen LogP contribution >= 0.6 is 24.0 Å². The van der Waals surface area contributed by atoms with E-state index in [0.717, 1.165) is 24.0 Å². The molecule has 1 heterocycles. The van der Waals surface area contributed by atoms with Gasteiger partial charge in [0.05, 0.1) is 6.54 Å². The molecule has 8 heteroatoms.